The Morgan fingerprint density at radius 2 is 2.00 bits per heavy atom. The molecule has 1 heterocycles. The number of amidine groups is 1. The van der Waals surface area contributed by atoms with Crippen molar-refractivity contribution in [2.75, 3.05) is 11.9 Å². The van der Waals surface area contributed by atoms with Crippen LogP contribution in [0.4, 0.5) is 5.82 Å². The lowest BCUT2D eigenvalue weighted by atomic mass is 10.2. The third-order valence-electron chi connectivity index (χ3n) is 2.66. The van der Waals surface area contributed by atoms with Gasteiger partial charge in [0.2, 0.25) is 0 Å². The van der Waals surface area contributed by atoms with Gasteiger partial charge in [0.05, 0.1) is 0 Å². The molecule has 1 aromatic carbocycles. The SMILES string of the molecule is CN(Cc1ccccc1Br)c1nccnc1C(=N)N. The third-order valence-corrected chi connectivity index (χ3v) is 3.43. The maximum Gasteiger partial charge on any atom is 0.158 e. The highest BCUT2D eigenvalue weighted by Gasteiger charge is 2.13. The quantitative estimate of drug-likeness (QED) is 0.668. The van der Waals surface area contributed by atoms with E-state index < -0.39 is 0 Å². The van der Waals surface area contributed by atoms with Gasteiger partial charge in [0, 0.05) is 30.5 Å². The molecular formula is C13H14BrN5. The molecular weight excluding hydrogens is 306 g/mol. The van der Waals surface area contributed by atoms with Crippen LogP contribution in [0.2, 0.25) is 0 Å². The van der Waals surface area contributed by atoms with Crippen LogP contribution in [0, 0.1) is 5.41 Å². The van der Waals surface area contributed by atoms with Crippen LogP contribution < -0.4 is 10.6 Å². The number of hydrogen-bond acceptors (Lipinski definition) is 4. The average Bonchev–Trinajstić information content (AvgIpc) is 2.41. The first-order valence-electron chi connectivity index (χ1n) is 5.69. The summed E-state index contributed by atoms with van der Waals surface area (Å²) in [6.45, 7) is 0.653. The van der Waals surface area contributed by atoms with Crippen molar-refractivity contribution >= 4 is 27.6 Å². The van der Waals surface area contributed by atoms with Crippen LogP contribution in [0.3, 0.4) is 0 Å². The molecule has 0 aliphatic rings. The molecule has 5 nitrogen and oxygen atoms in total. The minimum Gasteiger partial charge on any atom is -0.382 e. The second-order valence-corrected chi connectivity index (χ2v) is 4.94. The summed E-state index contributed by atoms with van der Waals surface area (Å²) in [6.07, 6.45) is 3.13. The van der Waals surface area contributed by atoms with Crippen molar-refractivity contribution in [3.63, 3.8) is 0 Å². The lowest BCUT2D eigenvalue weighted by Crippen LogP contribution is -2.24. The summed E-state index contributed by atoms with van der Waals surface area (Å²) in [5.41, 5.74) is 7.05. The van der Waals surface area contributed by atoms with Gasteiger partial charge in [-0.15, -0.1) is 0 Å². The first kappa shape index (κ1) is 13.5. The number of halogens is 1. The molecule has 0 fully saturated rings. The van der Waals surface area contributed by atoms with E-state index >= 15 is 0 Å². The van der Waals surface area contributed by atoms with E-state index in [0.717, 1.165) is 10.0 Å². The molecule has 0 atom stereocenters. The molecule has 0 saturated heterocycles. The van der Waals surface area contributed by atoms with Gasteiger partial charge in [-0.25, -0.2) is 9.97 Å². The van der Waals surface area contributed by atoms with Gasteiger partial charge < -0.3 is 10.6 Å². The Bertz CT molecular complexity index is 599. The zero-order chi connectivity index (χ0) is 13.8. The van der Waals surface area contributed by atoms with Gasteiger partial charge in [0.15, 0.2) is 5.82 Å². The highest BCUT2D eigenvalue weighted by molar-refractivity contribution is 9.10. The predicted molar refractivity (Wildman–Crippen MR) is 79.3 cm³/mol. The van der Waals surface area contributed by atoms with E-state index in [9.17, 15) is 0 Å². The van der Waals surface area contributed by atoms with Crippen LogP contribution in [-0.2, 0) is 6.54 Å². The zero-order valence-electron chi connectivity index (χ0n) is 10.5. The van der Waals surface area contributed by atoms with E-state index in [-0.39, 0.29) is 5.84 Å². The zero-order valence-corrected chi connectivity index (χ0v) is 12.1. The van der Waals surface area contributed by atoms with E-state index in [1.54, 1.807) is 6.20 Å². The fourth-order valence-electron chi connectivity index (χ4n) is 1.76. The van der Waals surface area contributed by atoms with Crippen LogP contribution >= 0.6 is 15.9 Å². The van der Waals surface area contributed by atoms with Crippen molar-refractivity contribution in [3.8, 4) is 0 Å². The lowest BCUT2D eigenvalue weighted by Gasteiger charge is -2.20. The first-order valence-corrected chi connectivity index (χ1v) is 6.49. The van der Waals surface area contributed by atoms with Gasteiger partial charge in [-0.1, -0.05) is 34.1 Å². The van der Waals surface area contributed by atoms with Crippen molar-refractivity contribution in [2.45, 2.75) is 6.54 Å². The third kappa shape index (κ3) is 3.08. The van der Waals surface area contributed by atoms with E-state index in [0.29, 0.717) is 18.1 Å². The molecule has 2 rings (SSSR count). The highest BCUT2D eigenvalue weighted by atomic mass is 79.9. The molecule has 0 aliphatic heterocycles. The number of nitrogens with two attached hydrogens (primary N) is 1. The molecule has 0 radical (unpaired) electrons. The van der Waals surface area contributed by atoms with Crippen molar-refractivity contribution in [1.29, 1.82) is 5.41 Å². The monoisotopic (exact) mass is 319 g/mol. The Morgan fingerprint density at radius 3 is 2.68 bits per heavy atom. The summed E-state index contributed by atoms with van der Waals surface area (Å²) in [5, 5.41) is 7.53. The maximum absolute atomic E-state index is 7.53. The molecule has 0 aliphatic carbocycles. The van der Waals surface area contributed by atoms with Gasteiger partial charge in [0.25, 0.3) is 0 Å². The van der Waals surface area contributed by atoms with Gasteiger partial charge in [-0.05, 0) is 11.6 Å². The van der Waals surface area contributed by atoms with Crippen molar-refractivity contribution in [3.05, 3.63) is 52.4 Å². The normalized spacial score (nSPS) is 10.2. The first-order chi connectivity index (χ1) is 9.09. The number of nitrogens with one attached hydrogen (secondary N) is 1. The predicted octanol–water partition coefficient (Wildman–Crippen LogP) is 2.16. The van der Waals surface area contributed by atoms with E-state index in [4.69, 9.17) is 11.1 Å². The van der Waals surface area contributed by atoms with Gasteiger partial charge in [0.1, 0.15) is 11.5 Å². The Labute approximate surface area is 120 Å². The Morgan fingerprint density at radius 1 is 1.32 bits per heavy atom. The Balaban J connectivity index is 2.28. The molecule has 0 spiro atoms. The summed E-state index contributed by atoms with van der Waals surface area (Å²) in [7, 11) is 1.90. The Hall–Kier alpha value is -1.95. The number of aromatic nitrogens is 2. The second kappa shape index (κ2) is 5.79. The number of rotatable bonds is 4. The summed E-state index contributed by atoms with van der Waals surface area (Å²) in [4.78, 5) is 10.3. The minimum atomic E-state index is -0.0814. The molecule has 3 N–H and O–H groups in total. The van der Waals surface area contributed by atoms with Crippen LogP contribution in [-0.4, -0.2) is 22.9 Å². The summed E-state index contributed by atoms with van der Waals surface area (Å²) < 4.78 is 1.04. The number of anilines is 1. The number of nitrogens with zero attached hydrogens (tertiary/aromatic N) is 3. The van der Waals surface area contributed by atoms with Crippen molar-refractivity contribution in [1.82, 2.24) is 9.97 Å². The highest BCUT2D eigenvalue weighted by Crippen LogP contribution is 2.20. The van der Waals surface area contributed by atoms with Gasteiger partial charge in [-0.2, -0.15) is 0 Å². The number of benzene rings is 1. The van der Waals surface area contributed by atoms with E-state index in [2.05, 4.69) is 25.9 Å². The fourth-order valence-corrected chi connectivity index (χ4v) is 2.17. The summed E-state index contributed by atoms with van der Waals surface area (Å²) >= 11 is 3.52. The molecule has 0 saturated carbocycles. The lowest BCUT2D eigenvalue weighted by molar-refractivity contribution is 0.882. The minimum absolute atomic E-state index is 0.0814. The molecule has 0 bridgehead atoms. The van der Waals surface area contributed by atoms with Crippen LogP contribution in [0.25, 0.3) is 0 Å². The van der Waals surface area contributed by atoms with Gasteiger partial charge >= 0.3 is 0 Å². The maximum atomic E-state index is 7.53. The molecule has 1 aromatic heterocycles. The van der Waals surface area contributed by atoms with Crippen LogP contribution in [0.1, 0.15) is 11.3 Å². The van der Waals surface area contributed by atoms with E-state index in [1.807, 2.05) is 36.2 Å². The fraction of sp³-hybridized carbons (Fsp3) is 0.154. The van der Waals surface area contributed by atoms with Crippen LogP contribution in [0.5, 0.6) is 0 Å². The average molecular weight is 320 g/mol. The van der Waals surface area contributed by atoms with E-state index in [1.165, 1.54) is 6.20 Å². The molecule has 0 amide bonds. The van der Waals surface area contributed by atoms with Gasteiger partial charge in [-0.3, -0.25) is 5.41 Å². The van der Waals surface area contributed by atoms with Crippen molar-refractivity contribution < 1.29 is 0 Å². The van der Waals surface area contributed by atoms with Crippen molar-refractivity contribution in [2.24, 2.45) is 5.73 Å². The molecule has 2 aromatic rings. The largest absolute Gasteiger partial charge is 0.382 e. The topological polar surface area (TPSA) is 78.9 Å². The second-order valence-electron chi connectivity index (χ2n) is 4.09. The Kier molecular flexibility index (Phi) is 4.11. The van der Waals surface area contributed by atoms with Crippen LogP contribution in [0.15, 0.2) is 41.1 Å². The number of nitrogen functional groups attached to an aromatic ring is 1. The molecule has 0 unspecified atom stereocenters. The summed E-state index contributed by atoms with van der Waals surface area (Å²) in [6, 6.07) is 7.98. The molecule has 19 heavy (non-hydrogen) atoms. The molecule has 98 valence electrons. The number of hydrogen-bond donors (Lipinski definition) is 2. The standard InChI is InChI=1S/C13H14BrN5/c1-19(8-9-4-2-3-5-10(9)14)13-11(12(15)16)17-6-7-18-13/h2-7H,8H2,1H3,(H3,15,16). The smallest absolute Gasteiger partial charge is 0.158 e. The summed E-state index contributed by atoms with van der Waals surface area (Å²) in [5.74, 6) is 0.521. The molecule has 6 heteroatoms.